The molecule has 1 aliphatic heterocycles. The highest BCUT2D eigenvalue weighted by molar-refractivity contribution is 6.31. The maximum absolute atomic E-state index is 13.8. The lowest BCUT2D eigenvalue weighted by atomic mass is 10.1. The minimum Gasteiger partial charge on any atom is -0.353 e. The monoisotopic (exact) mass is 355 g/mol. The van der Waals surface area contributed by atoms with Gasteiger partial charge in [0.25, 0.3) is 0 Å². The van der Waals surface area contributed by atoms with Crippen LogP contribution in [0.25, 0.3) is 0 Å². The molecule has 5 nitrogen and oxygen atoms in total. The zero-order valence-electron chi connectivity index (χ0n) is 14.0. The summed E-state index contributed by atoms with van der Waals surface area (Å²) >= 11 is 5.97. The molecule has 1 aliphatic rings. The topological polar surface area (TPSA) is 52.7 Å². The smallest absolute Gasteiger partial charge is 0.234 e. The molecule has 1 N–H and O–H groups in total. The summed E-state index contributed by atoms with van der Waals surface area (Å²) in [6.07, 6.45) is -0.0423. The quantitative estimate of drug-likeness (QED) is 0.874. The number of benzene rings is 1. The van der Waals surface area contributed by atoms with Crippen LogP contribution in [-0.2, 0) is 16.0 Å². The summed E-state index contributed by atoms with van der Waals surface area (Å²) in [6.45, 7) is 6.48. The summed E-state index contributed by atoms with van der Waals surface area (Å²) in [5, 5.41) is 3.12. The Morgan fingerprint density at radius 3 is 2.50 bits per heavy atom. The Labute approximate surface area is 146 Å². The SMILES string of the molecule is CC(C)NC(=O)CN1CCN(C(=O)Cc2c(F)cccc2Cl)CC1. The van der Waals surface area contributed by atoms with E-state index >= 15 is 0 Å². The normalized spacial score (nSPS) is 15.6. The molecule has 1 heterocycles. The Balaban J connectivity index is 1.84. The van der Waals surface area contributed by atoms with E-state index in [4.69, 9.17) is 11.6 Å². The van der Waals surface area contributed by atoms with Gasteiger partial charge in [-0.25, -0.2) is 4.39 Å². The Bertz CT molecular complexity index is 581. The van der Waals surface area contributed by atoms with Gasteiger partial charge in [0.05, 0.1) is 13.0 Å². The highest BCUT2D eigenvalue weighted by Gasteiger charge is 2.23. The Hall–Kier alpha value is -1.66. The highest BCUT2D eigenvalue weighted by Crippen LogP contribution is 2.20. The van der Waals surface area contributed by atoms with E-state index in [0.29, 0.717) is 32.7 Å². The first-order valence-corrected chi connectivity index (χ1v) is 8.47. The summed E-state index contributed by atoms with van der Waals surface area (Å²) in [5.74, 6) is -0.615. The summed E-state index contributed by atoms with van der Waals surface area (Å²) < 4.78 is 13.8. The Kier molecular flexibility index (Phi) is 6.57. The van der Waals surface area contributed by atoms with Crippen molar-refractivity contribution in [1.29, 1.82) is 0 Å². The first-order valence-electron chi connectivity index (χ1n) is 8.09. The molecule has 0 saturated carbocycles. The van der Waals surface area contributed by atoms with Crippen LogP contribution in [0.5, 0.6) is 0 Å². The summed E-state index contributed by atoms with van der Waals surface area (Å²) in [6, 6.07) is 4.52. The molecular formula is C17H23ClFN3O2. The molecule has 24 heavy (non-hydrogen) atoms. The average molecular weight is 356 g/mol. The van der Waals surface area contributed by atoms with Gasteiger partial charge >= 0.3 is 0 Å². The van der Waals surface area contributed by atoms with Gasteiger partial charge in [-0.3, -0.25) is 14.5 Å². The van der Waals surface area contributed by atoms with Gasteiger partial charge in [-0.15, -0.1) is 0 Å². The fraction of sp³-hybridized carbons (Fsp3) is 0.529. The van der Waals surface area contributed by atoms with Crippen molar-refractivity contribution in [2.24, 2.45) is 0 Å². The van der Waals surface area contributed by atoms with Crippen LogP contribution in [0.4, 0.5) is 4.39 Å². The molecule has 0 unspecified atom stereocenters. The Morgan fingerprint density at radius 2 is 1.92 bits per heavy atom. The second-order valence-electron chi connectivity index (χ2n) is 6.26. The maximum atomic E-state index is 13.8. The average Bonchev–Trinajstić information content (AvgIpc) is 2.50. The Morgan fingerprint density at radius 1 is 1.25 bits per heavy atom. The molecule has 0 radical (unpaired) electrons. The standard InChI is InChI=1S/C17H23ClFN3O2/c1-12(2)20-16(23)11-21-6-8-22(9-7-21)17(24)10-13-14(18)4-3-5-15(13)19/h3-5,12H,6-11H2,1-2H3,(H,20,23). The van der Waals surface area contributed by atoms with Crippen molar-refractivity contribution in [3.05, 3.63) is 34.6 Å². The second-order valence-corrected chi connectivity index (χ2v) is 6.66. The highest BCUT2D eigenvalue weighted by atomic mass is 35.5. The third-order valence-corrected chi connectivity index (χ3v) is 4.29. The van der Waals surface area contributed by atoms with Crippen LogP contribution in [0.3, 0.4) is 0 Å². The van der Waals surface area contributed by atoms with Gasteiger partial charge in [0.1, 0.15) is 5.82 Å². The van der Waals surface area contributed by atoms with E-state index in [9.17, 15) is 14.0 Å². The van der Waals surface area contributed by atoms with Crippen LogP contribution in [0.15, 0.2) is 18.2 Å². The molecule has 0 bridgehead atoms. The van der Waals surface area contributed by atoms with Crippen LogP contribution in [0, 0.1) is 5.82 Å². The van der Waals surface area contributed by atoms with Crippen molar-refractivity contribution in [1.82, 2.24) is 15.1 Å². The molecule has 1 saturated heterocycles. The molecule has 0 atom stereocenters. The summed E-state index contributed by atoms with van der Waals surface area (Å²) in [5.41, 5.74) is 0.239. The number of nitrogens with zero attached hydrogens (tertiary/aromatic N) is 2. The van der Waals surface area contributed by atoms with Crippen LogP contribution in [0.1, 0.15) is 19.4 Å². The molecule has 0 aliphatic carbocycles. The molecular weight excluding hydrogens is 333 g/mol. The van der Waals surface area contributed by atoms with E-state index in [1.54, 1.807) is 11.0 Å². The van der Waals surface area contributed by atoms with Crippen molar-refractivity contribution >= 4 is 23.4 Å². The van der Waals surface area contributed by atoms with Crippen LogP contribution < -0.4 is 5.32 Å². The minimum absolute atomic E-state index is 0.0112. The molecule has 1 aromatic carbocycles. The van der Waals surface area contributed by atoms with Gasteiger partial charge in [0.15, 0.2) is 0 Å². The molecule has 2 rings (SSSR count). The number of rotatable bonds is 5. The largest absolute Gasteiger partial charge is 0.353 e. The van der Waals surface area contributed by atoms with Crippen LogP contribution in [0.2, 0.25) is 5.02 Å². The molecule has 0 aromatic heterocycles. The van der Waals surface area contributed by atoms with E-state index in [1.807, 2.05) is 18.7 Å². The first kappa shape index (κ1) is 18.7. The van der Waals surface area contributed by atoms with Gasteiger partial charge in [0.2, 0.25) is 11.8 Å². The van der Waals surface area contributed by atoms with Gasteiger partial charge in [-0.2, -0.15) is 0 Å². The number of carbonyl (C=O) groups excluding carboxylic acids is 2. The molecule has 1 fully saturated rings. The fourth-order valence-corrected chi connectivity index (χ4v) is 2.92. The van der Waals surface area contributed by atoms with Crippen molar-refractivity contribution in [3.63, 3.8) is 0 Å². The van der Waals surface area contributed by atoms with Crippen molar-refractivity contribution in [2.75, 3.05) is 32.7 Å². The number of nitrogens with one attached hydrogen (secondary N) is 1. The van der Waals surface area contributed by atoms with E-state index in [0.717, 1.165) is 0 Å². The van der Waals surface area contributed by atoms with Gasteiger partial charge in [-0.05, 0) is 26.0 Å². The molecule has 7 heteroatoms. The number of amides is 2. The molecule has 2 amide bonds. The van der Waals surface area contributed by atoms with Crippen molar-refractivity contribution in [2.45, 2.75) is 26.3 Å². The molecule has 1 aromatic rings. The number of hydrogen-bond acceptors (Lipinski definition) is 3. The number of piperazine rings is 1. The second kappa shape index (κ2) is 8.44. The maximum Gasteiger partial charge on any atom is 0.234 e. The molecule has 132 valence electrons. The lowest BCUT2D eigenvalue weighted by Gasteiger charge is -2.34. The summed E-state index contributed by atoms with van der Waals surface area (Å²) in [4.78, 5) is 27.8. The summed E-state index contributed by atoms with van der Waals surface area (Å²) in [7, 11) is 0. The fourth-order valence-electron chi connectivity index (χ4n) is 2.69. The zero-order valence-corrected chi connectivity index (χ0v) is 14.8. The van der Waals surface area contributed by atoms with E-state index in [1.165, 1.54) is 12.1 Å². The first-order chi connectivity index (χ1) is 11.4. The number of halogens is 2. The van der Waals surface area contributed by atoms with Crippen molar-refractivity contribution in [3.8, 4) is 0 Å². The van der Waals surface area contributed by atoms with E-state index in [-0.39, 0.29) is 34.9 Å². The lowest BCUT2D eigenvalue weighted by Crippen LogP contribution is -2.51. The predicted molar refractivity (Wildman–Crippen MR) is 91.4 cm³/mol. The molecule has 0 spiro atoms. The number of carbonyl (C=O) groups is 2. The van der Waals surface area contributed by atoms with Gasteiger partial charge in [-0.1, -0.05) is 17.7 Å². The number of hydrogen-bond donors (Lipinski definition) is 1. The van der Waals surface area contributed by atoms with Gasteiger partial charge < -0.3 is 10.2 Å². The minimum atomic E-state index is -0.458. The van der Waals surface area contributed by atoms with Gasteiger partial charge in [0, 0.05) is 42.8 Å². The van der Waals surface area contributed by atoms with Crippen LogP contribution in [-0.4, -0.2) is 60.4 Å². The third-order valence-electron chi connectivity index (χ3n) is 3.93. The van der Waals surface area contributed by atoms with Crippen molar-refractivity contribution < 1.29 is 14.0 Å². The van der Waals surface area contributed by atoms with E-state index < -0.39 is 5.82 Å². The zero-order chi connectivity index (χ0) is 17.7. The third kappa shape index (κ3) is 5.18. The van der Waals surface area contributed by atoms with Crippen LogP contribution >= 0.6 is 11.6 Å². The lowest BCUT2D eigenvalue weighted by molar-refractivity contribution is -0.132. The van der Waals surface area contributed by atoms with E-state index in [2.05, 4.69) is 5.32 Å². The predicted octanol–water partition coefficient (Wildman–Crippen LogP) is 1.69.